The summed E-state index contributed by atoms with van der Waals surface area (Å²) in [4.78, 5) is 0. The summed E-state index contributed by atoms with van der Waals surface area (Å²) < 4.78 is 17.3. The van der Waals surface area contributed by atoms with Crippen LogP contribution in [0.4, 0.5) is 0 Å². The maximum Gasteiger partial charge on any atom is 0.332 e. The van der Waals surface area contributed by atoms with Gasteiger partial charge in [0.2, 0.25) is 0 Å². The fraction of sp³-hybridized carbons (Fsp3) is 1.00. The molecular formula is C16H35O3P. The Labute approximate surface area is 127 Å². The van der Waals surface area contributed by atoms with Gasteiger partial charge in [0, 0.05) is 0 Å². The summed E-state index contributed by atoms with van der Waals surface area (Å²) >= 11 is 0. The molecule has 0 bridgehead atoms. The van der Waals surface area contributed by atoms with E-state index in [4.69, 9.17) is 13.6 Å². The van der Waals surface area contributed by atoms with Crippen molar-refractivity contribution in [2.75, 3.05) is 19.8 Å². The second kappa shape index (κ2) is 17.4. The summed E-state index contributed by atoms with van der Waals surface area (Å²) in [6.45, 7) is 8.93. The monoisotopic (exact) mass is 306 g/mol. The number of rotatable bonds is 16. The molecule has 0 fully saturated rings. The second-order valence-corrected chi connectivity index (χ2v) is 6.42. The van der Waals surface area contributed by atoms with Crippen LogP contribution in [-0.2, 0) is 13.6 Å². The minimum atomic E-state index is -1.11. The highest BCUT2D eigenvalue weighted by atomic mass is 31.2. The Hall–Kier alpha value is 0.310. The van der Waals surface area contributed by atoms with Crippen molar-refractivity contribution >= 4 is 8.60 Å². The molecule has 122 valence electrons. The largest absolute Gasteiger partial charge is 0.332 e. The maximum atomic E-state index is 5.77. The molecule has 0 heterocycles. The third-order valence-electron chi connectivity index (χ3n) is 3.08. The van der Waals surface area contributed by atoms with E-state index >= 15 is 0 Å². The molecule has 0 radical (unpaired) electrons. The molecule has 0 atom stereocenters. The Morgan fingerprint density at radius 3 is 1.25 bits per heavy atom. The molecule has 0 aromatic heterocycles. The van der Waals surface area contributed by atoms with Crippen LogP contribution in [0.15, 0.2) is 0 Å². The highest BCUT2D eigenvalue weighted by molar-refractivity contribution is 7.41. The van der Waals surface area contributed by atoms with Crippen molar-refractivity contribution in [3.8, 4) is 0 Å². The lowest BCUT2D eigenvalue weighted by Crippen LogP contribution is -2.00. The number of unbranched alkanes of at least 4 members (excludes halogenated alkanes) is 7. The van der Waals surface area contributed by atoms with Gasteiger partial charge in [0.15, 0.2) is 0 Å². The average Bonchev–Trinajstić information content (AvgIpc) is 2.47. The van der Waals surface area contributed by atoms with Gasteiger partial charge >= 0.3 is 8.60 Å². The first-order chi connectivity index (χ1) is 9.85. The molecule has 3 nitrogen and oxygen atoms in total. The van der Waals surface area contributed by atoms with Crippen molar-refractivity contribution in [2.45, 2.75) is 85.0 Å². The fourth-order valence-electron chi connectivity index (χ4n) is 1.76. The molecule has 0 amide bonds. The molecule has 0 aliphatic carbocycles. The molecule has 0 rings (SSSR count). The Bertz CT molecular complexity index is 167. The first kappa shape index (κ1) is 20.3. The minimum absolute atomic E-state index is 0.766. The molecule has 0 spiro atoms. The zero-order valence-corrected chi connectivity index (χ0v) is 14.8. The maximum absolute atomic E-state index is 5.77. The number of hydrogen-bond acceptors (Lipinski definition) is 3. The van der Waals surface area contributed by atoms with E-state index in [1.54, 1.807) is 0 Å². The van der Waals surface area contributed by atoms with Crippen LogP contribution < -0.4 is 0 Å². The summed E-state index contributed by atoms with van der Waals surface area (Å²) in [5, 5.41) is 0. The summed E-state index contributed by atoms with van der Waals surface area (Å²) in [5.41, 5.74) is 0. The van der Waals surface area contributed by atoms with Gasteiger partial charge < -0.3 is 13.6 Å². The van der Waals surface area contributed by atoms with Crippen molar-refractivity contribution in [1.29, 1.82) is 0 Å². The van der Waals surface area contributed by atoms with Crippen LogP contribution in [0.3, 0.4) is 0 Å². The summed E-state index contributed by atoms with van der Waals surface area (Å²) in [6, 6.07) is 0. The van der Waals surface area contributed by atoms with Gasteiger partial charge in [-0.1, -0.05) is 65.7 Å². The first-order valence-electron chi connectivity index (χ1n) is 8.54. The van der Waals surface area contributed by atoms with Crippen LogP contribution in [0.25, 0.3) is 0 Å². The van der Waals surface area contributed by atoms with Gasteiger partial charge in [0.1, 0.15) is 0 Å². The molecule has 0 aromatic carbocycles. The fourth-order valence-corrected chi connectivity index (χ4v) is 2.82. The Morgan fingerprint density at radius 2 is 0.850 bits per heavy atom. The Kier molecular flexibility index (Phi) is 17.6. The van der Waals surface area contributed by atoms with Gasteiger partial charge in [-0.3, -0.25) is 0 Å². The summed E-state index contributed by atoms with van der Waals surface area (Å²) in [6.07, 6.45) is 12.0. The van der Waals surface area contributed by atoms with E-state index in [2.05, 4.69) is 20.8 Å². The predicted octanol–water partition coefficient (Wildman–Crippen LogP) is 6.22. The zero-order valence-electron chi connectivity index (χ0n) is 13.9. The highest BCUT2D eigenvalue weighted by Crippen LogP contribution is 2.40. The molecule has 0 aromatic rings. The minimum Gasteiger partial charge on any atom is -0.312 e. The third kappa shape index (κ3) is 14.7. The number of hydrogen-bond donors (Lipinski definition) is 0. The molecule has 0 aliphatic heterocycles. The van der Waals surface area contributed by atoms with Gasteiger partial charge in [-0.25, -0.2) is 0 Å². The molecule has 0 unspecified atom stereocenters. The van der Waals surface area contributed by atoms with Crippen molar-refractivity contribution in [2.24, 2.45) is 0 Å². The Morgan fingerprint density at radius 1 is 0.500 bits per heavy atom. The van der Waals surface area contributed by atoms with Gasteiger partial charge in [-0.15, -0.1) is 0 Å². The first-order valence-corrected chi connectivity index (χ1v) is 9.63. The SMILES string of the molecule is CCCCCCOP(OCCCCC)OCCCCC. The van der Waals surface area contributed by atoms with Gasteiger partial charge in [0.05, 0.1) is 19.8 Å². The van der Waals surface area contributed by atoms with E-state index in [9.17, 15) is 0 Å². The molecule has 0 N–H and O–H groups in total. The van der Waals surface area contributed by atoms with E-state index in [1.807, 2.05) is 0 Å². The topological polar surface area (TPSA) is 27.7 Å². The van der Waals surface area contributed by atoms with E-state index < -0.39 is 8.60 Å². The lowest BCUT2D eigenvalue weighted by atomic mass is 10.2. The third-order valence-corrected chi connectivity index (χ3v) is 4.26. The van der Waals surface area contributed by atoms with Crippen molar-refractivity contribution in [3.05, 3.63) is 0 Å². The molecule has 0 saturated heterocycles. The molecule has 0 saturated carbocycles. The molecule has 0 aliphatic rings. The van der Waals surface area contributed by atoms with Crippen LogP contribution in [0, 0.1) is 0 Å². The predicted molar refractivity (Wildman–Crippen MR) is 88.0 cm³/mol. The molecular weight excluding hydrogens is 271 g/mol. The van der Waals surface area contributed by atoms with Gasteiger partial charge in [0.25, 0.3) is 0 Å². The van der Waals surface area contributed by atoms with Crippen LogP contribution >= 0.6 is 8.60 Å². The lowest BCUT2D eigenvalue weighted by Gasteiger charge is -2.16. The van der Waals surface area contributed by atoms with Crippen molar-refractivity contribution in [1.82, 2.24) is 0 Å². The van der Waals surface area contributed by atoms with Crippen molar-refractivity contribution < 1.29 is 13.6 Å². The van der Waals surface area contributed by atoms with Crippen molar-refractivity contribution in [3.63, 3.8) is 0 Å². The zero-order chi connectivity index (χ0) is 14.9. The van der Waals surface area contributed by atoms with E-state index in [1.165, 1.54) is 44.9 Å². The second-order valence-electron chi connectivity index (χ2n) is 5.20. The van der Waals surface area contributed by atoms with Crippen LogP contribution in [0.5, 0.6) is 0 Å². The normalized spacial score (nSPS) is 11.4. The molecule has 20 heavy (non-hydrogen) atoms. The summed E-state index contributed by atoms with van der Waals surface area (Å²) in [7, 11) is -1.11. The summed E-state index contributed by atoms with van der Waals surface area (Å²) in [5.74, 6) is 0. The smallest absolute Gasteiger partial charge is 0.312 e. The van der Waals surface area contributed by atoms with E-state index in [-0.39, 0.29) is 0 Å². The average molecular weight is 306 g/mol. The Balaban J connectivity index is 3.67. The molecule has 4 heteroatoms. The van der Waals surface area contributed by atoms with Gasteiger partial charge in [-0.05, 0) is 19.3 Å². The van der Waals surface area contributed by atoms with E-state index in [0.717, 1.165) is 39.1 Å². The van der Waals surface area contributed by atoms with E-state index in [0.29, 0.717) is 0 Å². The lowest BCUT2D eigenvalue weighted by molar-refractivity contribution is 0.154. The van der Waals surface area contributed by atoms with Gasteiger partial charge in [-0.2, -0.15) is 0 Å². The highest BCUT2D eigenvalue weighted by Gasteiger charge is 2.11. The standard InChI is InChI=1S/C16H35O3P/c1-4-7-10-13-16-19-20(17-14-11-8-5-2)18-15-12-9-6-3/h4-16H2,1-3H3. The van der Waals surface area contributed by atoms with Crippen LogP contribution in [0.1, 0.15) is 85.0 Å². The van der Waals surface area contributed by atoms with Crippen LogP contribution in [0.2, 0.25) is 0 Å². The quantitative estimate of drug-likeness (QED) is 0.250. The van der Waals surface area contributed by atoms with Crippen LogP contribution in [-0.4, -0.2) is 19.8 Å².